The van der Waals surface area contributed by atoms with Crippen molar-refractivity contribution in [2.24, 2.45) is 0 Å². The first-order chi connectivity index (χ1) is 16.5. The van der Waals surface area contributed by atoms with E-state index in [1.165, 1.54) is 17.3 Å². The predicted octanol–water partition coefficient (Wildman–Crippen LogP) is 1.94. The van der Waals surface area contributed by atoms with E-state index in [-0.39, 0.29) is 36.7 Å². The van der Waals surface area contributed by atoms with Crippen molar-refractivity contribution in [1.29, 1.82) is 0 Å². The standard InChI is InChI=1S/C25H30N4O5/c30-22(21-9-15-3-1-2-4-17(15)13-27-21)14-28-24(31)16-7-8-26-23(10-16)34-20-11-18-5-6-19(12-20)29(18)25(32)33/h1-4,7-8,10,18-22,27,30H,5-6,9,11-14H2,(H,28,31)(H,32,33)/t18-,19+,20?,21?,22?. The van der Waals surface area contributed by atoms with Crippen LogP contribution < -0.4 is 15.4 Å². The fraction of sp³-hybridized carbons (Fsp3) is 0.480. The molecular weight excluding hydrogens is 436 g/mol. The third-order valence-corrected chi connectivity index (χ3v) is 7.24. The molecule has 0 spiro atoms. The number of ether oxygens (including phenoxy) is 1. The highest BCUT2D eigenvalue weighted by Gasteiger charge is 2.44. The average Bonchev–Trinajstić information content (AvgIpc) is 3.13. The maximum absolute atomic E-state index is 12.7. The molecule has 4 N–H and O–H groups in total. The summed E-state index contributed by atoms with van der Waals surface area (Å²) in [5.74, 6) is 0.0511. The molecule has 4 heterocycles. The van der Waals surface area contributed by atoms with Crippen LogP contribution in [0.4, 0.5) is 4.79 Å². The Morgan fingerprint density at radius 2 is 1.91 bits per heavy atom. The minimum atomic E-state index is -0.863. The summed E-state index contributed by atoms with van der Waals surface area (Å²) in [7, 11) is 0. The van der Waals surface area contributed by atoms with Gasteiger partial charge in [-0.1, -0.05) is 24.3 Å². The zero-order chi connectivity index (χ0) is 23.7. The molecule has 34 heavy (non-hydrogen) atoms. The average molecular weight is 467 g/mol. The van der Waals surface area contributed by atoms with Gasteiger partial charge in [-0.3, -0.25) is 4.79 Å². The number of aliphatic hydroxyl groups is 1. The van der Waals surface area contributed by atoms with E-state index in [4.69, 9.17) is 4.74 Å². The first-order valence-electron chi connectivity index (χ1n) is 11.9. The van der Waals surface area contributed by atoms with Gasteiger partial charge < -0.3 is 30.5 Å². The number of carbonyl (C=O) groups excluding carboxylic acids is 1. The summed E-state index contributed by atoms with van der Waals surface area (Å²) in [5, 5.41) is 26.2. The van der Waals surface area contributed by atoms with Gasteiger partial charge in [-0.05, 0) is 36.5 Å². The molecule has 2 saturated heterocycles. The summed E-state index contributed by atoms with van der Waals surface area (Å²) >= 11 is 0. The van der Waals surface area contributed by atoms with E-state index in [1.54, 1.807) is 17.0 Å². The zero-order valence-corrected chi connectivity index (χ0v) is 18.9. The number of amides is 2. The van der Waals surface area contributed by atoms with Gasteiger partial charge in [-0.25, -0.2) is 9.78 Å². The molecule has 1 aromatic heterocycles. The number of rotatable bonds is 6. The highest BCUT2D eigenvalue weighted by atomic mass is 16.5. The van der Waals surface area contributed by atoms with Gasteiger partial charge in [0.1, 0.15) is 6.10 Å². The second-order valence-corrected chi connectivity index (χ2v) is 9.41. The van der Waals surface area contributed by atoms with Crippen molar-refractivity contribution < 1.29 is 24.5 Å². The van der Waals surface area contributed by atoms with Gasteiger partial charge in [-0.2, -0.15) is 0 Å². The minimum absolute atomic E-state index is 0.0189. The fourth-order valence-corrected chi connectivity index (χ4v) is 5.51. The van der Waals surface area contributed by atoms with E-state index < -0.39 is 12.2 Å². The molecule has 0 radical (unpaired) electrons. The Balaban J connectivity index is 1.14. The van der Waals surface area contributed by atoms with Crippen LogP contribution in [0.5, 0.6) is 5.88 Å². The van der Waals surface area contributed by atoms with Crippen molar-refractivity contribution in [1.82, 2.24) is 20.5 Å². The minimum Gasteiger partial charge on any atom is -0.474 e. The Kier molecular flexibility index (Phi) is 6.38. The molecule has 0 saturated carbocycles. The number of piperidine rings is 1. The van der Waals surface area contributed by atoms with E-state index in [1.807, 2.05) is 12.1 Å². The normalized spacial score (nSPS) is 26.4. The number of carbonyl (C=O) groups is 2. The number of pyridine rings is 1. The summed E-state index contributed by atoms with van der Waals surface area (Å²) < 4.78 is 6.04. The van der Waals surface area contributed by atoms with Crippen molar-refractivity contribution in [3.8, 4) is 5.88 Å². The number of nitrogens with zero attached hydrogens (tertiary/aromatic N) is 2. The van der Waals surface area contributed by atoms with Gasteiger partial charge in [0.2, 0.25) is 5.88 Å². The molecule has 2 amide bonds. The molecule has 1 aromatic carbocycles. The molecule has 9 nitrogen and oxygen atoms in total. The smallest absolute Gasteiger partial charge is 0.407 e. The lowest BCUT2D eigenvalue weighted by Gasteiger charge is -2.36. The van der Waals surface area contributed by atoms with E-state index in [9.17, 15) is 19.8 Å². The van der Waals surface area contributed by atoms with Crippen molar-refractivity contribution in [3.05, 3.63) is 59.3 Å². The molecule has 3 aliphatic rings. The second kappa shape index (κ2) is 9.60. The monoisotopic (exact) mass is 466 g/mol. The van der Waals surface area contributed by atoms with Gasteiger partial charge in [-0.15, -0.1) is 0 Å². The Morgan fingerprint density at radius 3 is 2.65 bits per heavy atom. The summed E-state index contributed by atoms with van der Waals surface area (Å²) in [4.78, 5) is 30.0. The first kappa shape index (κ1) is 22.6. The van der Waals surface area contributed by atoms with E-state index in [0.29, 0.717) is 37.3 Å². The van der Waals surface area contributed by atoms with Crippen molar-refractivity contribution in [3.63, 3.8) is 0 Å². The lowest BCUT2D eigenvalue weighted by molar-refractivity contribution is 0.0475. The summed E-state index contributed by atoms with van der Waals surface area (Å²) in [6.45, 7) is 0.832. The molecular formula is C25H30N4O5. The van der Waals surface area contributed by atoms with E-state index in [2.05, 4.69) is 27.8 Å². The van der Waals surface area contributed by atoms with Crippen LogP contribution in [0.1, 0.15) is 47.2 Å². The van der Waals surface area contributed by atoms with Gasteiger partial charge in [0.25, 0.3) is 5.91 Å². The van der Waals surface area contributed by atoms with Crippen molar-refractivity contribution in [2.45, 2.75) is 69.0 Å². The molecule has 5 atom stereocenters. The second-order valence-electron chi connectivity index (χ2n) is 9.41. The Morgan fingerprint density at radius 1 is 1.18 bits per heavy atom. The van der Waals surface area contributed by atoms with Gasteiger partial charge >= 0.3 is 6.09 Å². The highest BCUT2D eigenvalue weighted by molar-refractivity contribution is 5.94. The number of aliphatic hydroxyl groups excluding tert-OH is 1. The summed E-state index contributed by atoms with van der Waals surface area (Å²) in [6, 6.07) is 11.2. The number of hydrogen-bond acceptors (Lipinski definition) is 6. The number of fused-ring (bicyclic) bond motifs is 3. The topological polar surface area (TPSA) is 124 Å². The van der Waals surface area contributed by atoms with Crippen LogP contribution in [-0.2, 0) is 13.0 Å². The first-order valence-corrected chi connectivity index (χ1v) is 11.9. The molecule has 0 aliphatic carbocycles. The number of nitrogens with one attached hydrogen (secondary N) is 2. The Labute approximate surface area is 198 Å². The number of carboxylic acid groups (broad SMARTS) is 1. The van der Waals surface area contributed by atoms with Crippen molar-refractivity contribution >= 4 is 12.0 Å². The van der Waals surface area contributed by atoms with Crippen LogP contribution in [0, 0.1) is 0 Å². The van der Waals surface area contributed by atoms with Gasteiger partial charge in [0, 0.05) is 61.9 Å². The lowest BCUT2D eigenvalue weighted by atomic mass is 9.93. The van der Waals surface area contributed by atoms with Gasteiger partial charge in [0.05, 0.1) is 6.10 Å². The molecule has 9 heteroatoms. The number of hydrogen-bond donors (Lipinski definition) is 4. The Bertz CT molecular complexity index is 1050. The quantitative estimate of drug-likeness (QED) is 0.513. The molecule has 2 fully saturated rings. The molecule has 3 unspecified atom stereocenters. The number of benzene rings is 1. The largest absolute Gasteiger partial charge is 0.474 e. The molecule has 5 rings (SSSR count). The SMILES string of the molecule is O=C(NCC(O)C1Cc2ccccc2CN1)c1ccnc(OC2C[C@H]3CC[C@@H](C2)N3C(=O)O)c1. The van der Waals surface area contributed by atoms with Gasteiger partial charge in [0.15, 0.2) is 0 Å². The summed E-state index contributed by atoms with van der Waals surface area (Å²) in [6.07, 6.45) is 3.51. The molecule has 2 bridgehead atoms. The van der Waals surface area contributed by atoms with E-state index >= 15 is 0 Å². The maximum Gasteiger partial charge on any atom is 0.407 e. The van der Waals surface area contributed by atoms with Crippen LogP contribution >= 0.6 is 0 Å². The van der Waals surface area contributed by atoms with Crippen LogP contribution in [0.25, 0.3) is 0 Å². The molecule has 3 aliphatic heterocycles. The lowest BCUT2D eigenvalue weighted by Crippen LogP contribution is -2.49. The molecule has 2 aromatic rings. The van der Waals surface area contributed by atoms with E-state index in [0.717, 1.165) is 12.8 Å². The van der Waals surface area contributed by atoms with Crippen molar-refractivity contribution in [2.75, 3.05) is 6.54 Å². The third kappa shape index (κ3) is 4.71. The number of aromatic nitrogens is 1. The Hall–Kier alpha value is -3.17. The zero-order valence-electron chi connectivity index (χ0n) is 18.9. The summed E-state index contributed by atoms with van der Waals surface area (Å²) in [5.41, 5.74) is 2.86. The predicted molar refractivity (Wildman–Crippen MR) is 124 cm³/mol. The highest BCUT2D eigenvalue weighted by Crippen LogP contribution is 2.37. The third-order valence-electron chi connectivity index (χ3n) is 7.24. The van der Waals surface area contributed by atoms with Crippen LogP contribution in [-0.4, -0.2) is 69.0 Å². The van der Waals surface area contributed by atoms with Crippen LogP contribution in [0.3, 0.4) is 0 Å². The van der Waals surface area contributed by atoms with Crippen LogP contribution in [0.15, 0.2) is 42.6 Å². The van der Waals surface area contributed by atoms with Crippen LogP contribution in [0.2, 0.25) is 0 Å². The maximum atomic E-state index is 12.7. The fourth-order valence-electron chi connectivity index (χ4n) is 5.51. The molecule has 180 valence electrons.